The Labute approximate surface area is 219 Å². The summed E-state index contributed by atoms with van der Waals surface area (Å²) in [5, 5.41) is 6.60. The Morgan fingerprint density at radius 1 is 1.03 bits per heavy atom. The van der Waals surface area contributed by atoms with Gasteiger partial charge < -0.3 is 19.9 Å². The summed E-state index contributed by atoms with van der Waals surface area (Å²) in [6.07, 6.45) is 1.07. The number of hydrogen-bond acceptors (Lipinski definition) is 6. The van der Waals surface area contributed by atoms with Crippen LogP contribution in [-0.4, -0.2) is 87.8 Å². The number of alkyl halides is 3. The van der Waals surface area contributed by atoms with Gasteiger partial charge in [-0.3, -0.25) is 9.69 Å². The largest absolute Gasteiger partial charge is 0.490 e. The van der Waals surface area contributed by atoms with Gasteiger partial charge in [-0.25, -0.2) is 4.79 Å². The Balaban J connectivity index is 1.18. The molecule has 3 fully saturated rings. The number of halogens is 3. The van der Waals surface area contributed by atoms with Gasteiger partial charge in [0, 0.05) is 71.0 Å². The first-order valence-corrected chi connectivity index (χ1v) is 13.1. The third-order valence-corrected chi connectivity index (χ3v) is 7.27. The molecule has 12 heteroatoms. The number of ether oxygens (including phenoxy) is 1. The van der Waals surface area contributed by atoms with Crippen molar-refractivity contribution in [2.24, 2.45) is 0 Å². The van der Waals surface area contributed by atoms with Crippen LogP contribution in [0.2, 0.25) is 0 Å². The van der Waals surface area contributed by atoms with Gasteiger partial charge in [-0.2, -0.15) is 17.9 Å². The number of piperidine rings is 1. The van der Waals surface area contributed by atoms with Gasteiger partial charge in [0.25, 0.3) is 0 Å². The minimum absolute atomic E-state index is 0.0793. The van der Waals surface area contributed by atoms with Crippen molar-refractivity contribution < 1.29 is 27.5 Å². The lowest BCUT2D eigenvalue weighted by Crippen LogP contribution is -2.49. The van der Waals surface area contributed by atoms with Crippen LogP contribution in [0, 0.1) is 0 Å². The number of amides is 2. The topological polar surface area (TPSA) is 82.9 Å². The molecule has 1 aromatic carbocycles. The van der Waals surface area contributed by atoms with Gasteiger partial charge in [-0.05, 0) is 49.4 Å². The predicted octanol–water partition coefficient (Wildman–Crippen LogP) is 3.65. The lowest BCUT2D eigenvalue weighted by atomic mass is 10.1. The molecule has 0 atom stereocenters. The molecule has 1 aliphatic carbocycles. The minimum atomic E-state index is -4.46. The number of carbonyl (C=O) groups is 2. The summed E-state index contributed by atoms with van der Waals surface area (Å²) >= 11 is 0. The van der Waals surface area contributed by atoms with Crippen LogP contribution in [0.5, 0.6) is 5.75 Å². The van der Waals surface area contributed by atoms with E-state index in [0.29, 0.717) is 50.1 Å². The molecule has 3 aliphatic rings. The molecule has 2 aliphatic heterocycles. The molecule has 0 bridgehead atoms. The van der Waals surface area contributed by atoms with E-state index in [1.807, 2.05) is 4.90 Å². The molecule has 5 rings (SSSR count). The maximum atomic E-state index is 13.7. The van der Waals surface area contributed by atoms with Crippen molar-refractivity contribution in [3.63, 3.8) is 0 Å². The summed E-state index contributed by atoms with van der Waals surface area (Å²) in [5.41, 5.74) is -0.167. The highest BCUT2D eigenvalue weighted by atomic mass is 19.4. The fourth-order valence-corrected chi connectivity index (χ4v) is 5.15. The summed E-state index contributed by atoms with van der Waals surface area (Å²) in [5.74, 6) is 0.279. The average Bonchev–Trinajstić information content (AvgIpc) is 3.62. The molecule has 206 valence electrons. The van der Waals surface area contributed by atoms with E-state index in [1.54, 1.807) is 17.0 Å². The number of rotatable bonds is 6. The van der Waals surface area contributed by atoms with Crippen LogP contribution in [-0.2, 0) is 17.5 Å². The lowest BCUT2D eigenvalue weighted by molar-refractivity contribution is -0.137. The van der Waals surface area contributed by atoms with E-state index >= 15 is 0 Å². The number of piperazine rings is 1. The van der Waals surface area contributed by atoms with E-state index in [9.17, 15) is 22.8 Å². The zero-order valence-electron chi connectivity index (χ0n) is 21.4. The van der Waals surface area contributed by atoms with Crippen molar-refractivity contribution in [2.75, 3.05) is 44.6 Å². The maximum absolute atomic E-state index is 13.7. The molecular weight excluding hydrogens is 501 g/mol. The van der Waals surface area contributed by atoms with E-state index < -0.39 is 11.7 Å². The second-order valence-corrected chi connectivity index (χ2v) is 10.3. The molecule has 2 amide bonds. The molecule has 1 saturated carbocycles. The van der Waals surface area contributed by atoms with E-state index in [0.717, 1.165) is 32.0 Å². The molecule has 2 aromatic rings. The number of anilines is 1. The normalized spacial score (nSPS) is 19.9. The molecule has 1 N–H and O–H groups in total. The van der Waals surface area contributed by atoms with Crippen molar-refractivity contribution in [1.29, 1.82) is 0 Å². The number of nitrogens with zero attached hydrogens (tertiary/aromatic N) is 5. The third-order valence-electron chi connectivity index (χ3n) is 7.27. The second-order valence-electron chi connectivity index (χ2n) is 10.3. The standard InChI is InChI=1S/C26H33F3N6O3/c1-18(36)30-24-6-9-35(31-24)25(37)34-12-10-32(11-13-34)17-19-14-20(26(27,28)29)16-23(15-19)38-22-4-7-33(8-5-22)21-2-3-21/h6,9,14-16,21-22H,2-5,7-8,10-13,17H2,1H3,(H,30,31,36). The molecule has 0 radical (unpaired) electrons. The second kappa shape index (κ2) is 10.9. The summed E-state index contributed by atoms with van der Waals surface area (Å²) in [4.78, 5) is 30.1. The van der Waals surface area contributed by atoms with Gasteiger partial charge >= 0.3 is 12.2 Å². The Morgan fingerprint density at radius 3 is 2.37 bits per heavy atom. The van der Waals surface area contributed by atoms with Crippen molar-refractivity contribution in [1.82, 2.24) is 24.5 Å². The van der Waals surface area contributed by atoms with Crippen LogP contribution in [0.4, 0.5) is 23.8 Å². The number of carbonyl (C=O) groups excluding carboxylic acids is 2. The Bertz CT molecular complexity index is 1150. The van der Waals surface area contributed by atoms with Crippen LogP contribution in [0.15, 0.2) is 30.5 Å². The Hall–Kier alpha value is -3.12. The lowest BCUT2D eigenvalue weighted by Gasteiger charge is -2.34. The number of aromatic nitrogens is 2. The molecule has 0 spiro atoms. The number of benzene rings is 1. The van der Waals surface area contributed by atoms with Crippen LogP contribution in [0.3, 0.4) is 0 Å². The predicted molar refractivity (Wildman–Crippen MR) is 134 cm³/mol. The number of likely N-dealkylation sites (tertiary alicyclic amines) is 1. The van der Waals surface area contributed by atoms with Gasteiger partial charge in [0.1, 0.15) is 11.9 Å². The summed E-state index contributed by atoms with van der Waals surface area (Å²) in [7, 11) is 0. The summed E-state index contributed by atoms with van der Waals surface area (Å²) in [6.45, 7) is 5.39. The highest BCUT2D eigenvalue weighted by Crippen LogP contribution is 2.35. The van der Waals surface area contributed by atoms with Crippen LogP contribution >= 0.6 is 0 Å². The Kier molecular flexibility index (Phi) is 7.62. The zero-order chi connectivity index (χ0) is 26.9. The molecule has 9 nitrogen and oxygen atoms in total. The first kappa shape index (κ1) is 26.5. The summed E-state index contributed by atoms with van der Waals surface area (Å²) < 4.78 is 48.3. The van der Waals surface area contributed by atoms with E-state index in [2.05, 4.69) is 15.3 Å². The van der Waals surface area contributed by atoms with Gasteiger partial charge in [0.2, 0.25) is 5.91 Å². The Morgan fingerprint density at radius 2 is 1.74 bits per heavy atom. The quantitative estimate of drug-likeness (QED) is 0.610. The SMILES string of the molecule is CC(=O)Nc1ccn(C(=O)N2CCN(Cc3cc(OC4CCN(C5CC5)CC4)cc(C(F)(F)F)c3)CC2)n1. The van der Waals surface area contributed by atoms with Crippen molar-refractivity contribution in [3.8, 4) is 5.75 Å². The molecular formula is C26H33F3N6O3. The van der Waals surface area contributed by atoms with Gasteiger partial charge in [0.05, 0.1) is 5.56 Å². The van der Waals surface area contributed by atoms with Crippen LogP contribution in [0.1, 0.15) is 43.7 Å². The van der Waals surface area contributed by atoms with E-state index in [-0.39, 0.29) is 23.8 Å². The van der Waals surface area contributed by atoms with Gasteiger partial charge in [-0.1, -0.05) is 0 Å². The molecule has 2 saturated heterocycles. The highest BCUT2D eigenvalue weighted by molar-refractivity contribution is 5.88. The van der Waals surface area contributed by atoms with Gasteiger partial charge in [-0.15, -0.1) is 5.10 Å². The van der Waals surface area contributed by atoms with E-state index in [4.69, 9.17) is 4.74 Å². The smallest absolute Gasteiger partial charge is 0.416 e. The number of nitrogens with one attached hydrogen (secondary N) is 1. The fourth-order valence-electron chi connectivity index (χ4n) is 5.15. The maximum Gasteiger partial charge on any atom is 0.416 e. The van der Waals surface area contributed by atoms with Crippen molar-refractivity contribution in [2.45, 2.75) is 57.5 Å². The monoisotopic (exact) mass is 534 g/mol. The minimum Gasteiger partial charge on any atom is -0.490 e. The number of hydrogen-bond donors (Lipinski definition) is 1. The molecule has 38 heavy (non-hydrogen) atoms. The third kappa shape index (κ3) is 6.65. The average molecular weight is 535 g/mol. The van der Waals surface area contributed by atoms with Crippen LogP contribution < -0.4 is 10.1 Å². The molecule has 1 aromatic heterocycles. The van der Waals surface area contributed by atoms with E-state index in [1.165, 1.54) is 36.7 Å². The molecule has 0 unspecified atom stereocenters. The highest BCUT2D eigenvalue weighted by Gasteiger charge is 2.34. The zero-order valence-corrected chi connectivity index (χ0v) is 21.4. The van der Waals surface area contributed by atoms with Crippen molar-refractivity contribution in [3.05, 3.63) is 41.6 Å². The summed E-state index contributed by atoms with van der Waals surface area (Å²) in [6, 6.07) is 5.92. The van der Waals surface area contributed by atoms with Crippen molar-refractivity contribution >= 4 is 17.8 Å². The first-order chi connectivity index (χ1) is 18.1. The van der Waals surface area contributed by atoms with Crippen LogP contribution in [0.25, 0.3) is 0 Å². The fraction of sp³-hybridized carbons (Fsp3) is 0.577. The molecule has 3 heterocycles. The first-order valence-electron chi connectivity index (χ1n) is 13.1. The van der Waals surface area contributed by atoms with Gasteiger partial charge in [0.15, 0.2) is 5.82 Å².